The van der Waals surface area contributed by atoms with Crippen LogP contribution in [0.1, 0.15) is 50.7 Å². The van der Waals surface area contributed by atoms with Gasteiger partial charge in [0.25, 0.3) is 11.4 Å². The van der Waals surface area contributed by atoms with Gasteiger partial charge in [0.15, 0.2) is 0 Å². The van der Waals surface area contributed by atoms with E-state index in [-0.39, 0.29) is 33.1 Å². The van der Waals surface area contributed by atoms with Crippen molar-refractivity contribution in [2.45, 2.75) is 39.5 Å². The van der Waals surface area contributed by atoms with Crippen LogP contribution in [0.5, 0.6) is 29.0 Å². The number of aromatic hydroxyl groups is 1. The number of halogens is 3. The van der Waals surface area contributed by atoms with Crippen LogP contribution in [-0.4, -0.2) is 39.1 Å². The third-order valence-electron chi connectivity index (χ3n) is 5.82. The van der Waals surface area contributed by atoms with Crippen molar-refractivity contribution >= 4 is 34.6 Å². The number of aromatic nitrogens is 2. The van der Waals surface area contributed by atoms with Gasteiger partial charge in [0.1, 0.15) is 23.1 Å². The molecule has 0 radical (unpaired) electrons. The van der Waals surface area contributed by atoms with Crippen molar-refractivity contribution in [3.63, 3.8) is 0 Å². The van der Waals surface area contributed by atoms with Gasteiger partial charge >= 0.3 is 0 Å². The highest BCUT2D eigenvalue weighted by Crippen LogP contribution is 2.35. The normalized spacial score (nSPS) is 10.3. The average Bonchev–Trinajstić information content (AvgIpc) is 2.99. The van der Waals surface area contributed by atoms with Crippen molar-refractivity contribution in [1.29, 1.82) is 0 Å². The Labute approximate surface area is 268 Å². The summed E-state index contributed by atoms with van der Waals surface area (Å²) in [5, 5.41) is 29.9. The number of nitrogens with zero attached hydrogens (tertiary/aromatic N) is 4. The zero-order valence-corrected chi connectivity index (χ0v) is 26.7. The molecule has 0 fully saturated rings. The summed E-state index contributed by atoms with van der Waals surface area (Å²) in [5.41, 5.74) is 1.53. The minimum atomic E-state index is -0.655. The highest BCUT2D eigenvalue weighted by molar-refractivity contribution is 6.32. The van der Waals surface area contributed by atoms with Gasteiger partial charge in [-0.05, 0) is 36.1 Å². The molecule has 12 nitrogen and oxygen atoms in total. The van der Waals surface area contributed by atoms with Crippen LogP contribution in [0.2, 0.25) is 10.0 Å². The van der Waals surface area contributed by atoms with E-state index < -0.39 is 15.7 Å². The Morgan fingerprint density at radius 2 is 1.27 bits per heavy atom. The molecule has 0 aliphatic heterocycles. The van der Waals surface area contributed by atoms with Gasteiger partial charge in [-0.2, -0.15) is 0 Å². The third kappa shape index (κ3) is 10.7. The zero-order chi connectivity index (χ0) is 33.8. The molecule has 2 aromatic carbocycles. The number of pyridine rings is 2. The first kappa shape index (κ1) is 36.4. The Balaban J connectivity index is 0.000000259. The maximum Gasteiger partial charge on any atom is 0.271 e. The molecule has 0 aliphatic carbocycles. The minimum Gasteiger partial charge on any atom is -0.506 e. The van der Waals surface area contributed by atoms with E-state index in [0.29, 0.717) is 29.2 Å². The molecule has 0 bridgehead atoms. The number of nitro benzene ring substituents is 2. The Kier molecular flexibility index (Phi) is 13.7. The molecule has 4 rings (SSSR count). The van der Waals surface area contributed by atoms with Crippen LogP contribution < -0.4 is 14.2 Å². The second-order valence-electron chi connectivity index (χ2n) is 9.70. The van der Waals surface area contributed by atoms with Gasteiger partial charge in [0, 0.05) is 35.4 Å². The van der Waals surface area contributed by atoms with Crippen molar-refractivity contribution in [2.75, 3.05) is 14.2 Å². The lowest BCUT2D eigenvalue weighted by atomic mass is 10.1. The lowest BCUT2D eigenvalue weighted by molar-refractivity contribution is -0.385. The van der Waals surface area contributed by atoms with Gasteiger partial charge in [0.2, 0.25) is 11.8 Å². The molecule has 0 atom stereocenters. The molecule has 0 saturated heterocycles. The summed E-state index contributed by atoms with van der Waals surface area (Å²) >= 11 is 11.3. The summed E-state index contributed by atoms with van der Waals surface area (Å²) in [6.07, 6.45) is 2.90. The maximum atomic E-state index is 12.4. The summed E-state index contributed by atoms with van der Waals surface area (Å²) in [6, 6.07) is 10.5. The average molecular weight is 666 g/mol. The first-order valence-electron chi connectivity index (χ1n) is 13.2. The quantitative estimate of drug-likeness (QED) is 0.142. The molecular weight excluding hydrogens is 634 g/mol. The van der Waals surface area contributed by atoms with Crippen LogP contribution in [0.4, 0.5) is 15.8 Å². The lowest BCUT2D eigenvalue weighted by Gasteiger charge is -2.13. The lowest BCUT2D eigenvalue weighted by Crippen LogP contribution is -1.98. The monoisotopic (exact) mass is 664 g/mol. The Morgan fingerprint density at radius 3 is 1.73 bits per heavy atom. The van der Waals surface area contributed by atoms with Gasteiger partial charge < -0.3 is 19.3 Å². The fourth-order valence-corrected chi connectivity index (χ4v) is 3.93. The standard InChI is InChI=1S/C15H15ClN2O4.C9H13NO2.C6H3ClFNO2/c1-9(2)12-7-11(8-17-15(12)21-3)22-14-5-4-10(18(19)20)6-13(14)16;1-6(2)8-4-7(11)5-10-9(8)12-3;7-5-3-4(9(10)11)1-2-6(5)8/h4-9H,1-3H3;4-6,11H,1-3H3;1-3H. The highest BCUT2D eigenvalue weighted by atomic mass is 35.5. The molecule has 4 aromatic rings. The summed E-state index contributed by atoms with van der Waals surface area (Å²) in [6.45, 7) is 8.09. The number of benzene rings is 2. The largest absolute Gasteiger partial charge is 0.506 e. The van der Waals surface area contributed by atoms with Crippen LogP contribution in [0.15, 0.2) is 60.9 Å². The molecule has 2 aromatic heterocycles. The smallest absolute Gasteiger partial charge is 0.271 e. The fourth-order valence-electron chi connectivity index (χ4n) is 3.54. The van der Waals surface area contributed by atoms with Gasteiger partial charge in [-0.15, -0.1) is 0 Å². The van der Waals surface area contributed by atoms with Gasteiger partial charge in [0.05, 0.1) is 46.5 Å². The number of methoxy groups -OCH3 is 2. The Morgan fingerprint density at radius 1 is 0.778 bits per heavy atom. The van der Waals surface area contributed by atoms with E-state index in [0.717, 1.165) is 29.3 Å². The summed E-state index contributed by atoms with van der Waals surface area (Å²) in [5.74, 6) is 1.98. The second-order valence-corrected chi connectivity index (χ2v) is 10.5. The topological polar surface area (TPSA) is 160 Å². The summed E-state index contributed by atoms with van der Waals surface area (Å²) in [4.78, 5) is 27.8. The molecule has 0 saturated carbocycles. The zero-order valence-electron chi connectivity index (χ0n) is 25.2. The first-order valence-corrected chi connectivity index (χ1v) is 13.9. The van der Waals surface area contributed by atoms with Crippen LogP contribution in [0, 0.1) is 26.0 Å². The molecule has 0 aliphatic rings. The molecule has 1 N–H and O–H groups in total. The number of non-ortho nitro benzene ring substituents is 2. The molecule has 2 heterocycles. The predicted molar refractivity (Wildman–Crippen MR) is 168 cm³/mol. The maximum absolute atomic E-state index is 12.4. The molecule has 45 heavy (non-hydrogen) atoms. The minimum absolute atomic E-state index is 0.0897. The van der Waals surface area contributed by atoms with Crippen LogP contribution >= 0.6 is 23.2 Å². The Hall–Kier alpha value is -4.75. The van der Waals surface area contributed by atoms with Gasteiger partial charge in [-0.1, -0.05) is 50.9 Å². The van der Waals surface area contributed by atoms with E-state index in [1.807, 2.05) is 33.8 Å². The van der Waals surface area contributed by atoms with Crippen molar-refractivity contribution in [3.8, 4) is 29.0 Å². The number of hydrogen-bond acceptors (Lipinski definition) is 10. The molecule has 240 valence electrons. The van der Waals surface area contributed by atoms with E-state index in [9.17, 15) is 24.6 Å². The molecule has 0 spiro atoms. The number of hydrogen-bond donors (Lipinski definition) is 1. The van der Waals surface area contributed by atoms with E-state index in [4.69, 9.17) is 42.5 Å². The second kappa shape index (κ2) is 16.9. The number of ether oxygens (including phenoxy) is 3. The van der Waals surface area contributed by atoms with Crippen molar-refractivity contribution in [1.82, 2.24) is 9.97 Å². The Bertz CT molecular complexity index is 1640. The van der Waals surface area contributed by atoms with E-state index in [2.05, 4.69) is 9.97 Å². The van der Waals surface area contributed by atoms with Crippen molar-refractivity contribution < 1.29 is 33.6 Å². The SMILES string of the molecule is COc1ncc(O)cc1C(C)C.COc1ncc(Oc2ccc([N+](=O)[O-])cc2Cl)cc1C(C)C.O=[N+]([O-])c1ccc(F)c(Cl)c1. The van der Waals surface area contributed by atoms with Crippen LogP contribution in [0.3, 0.4) is 0 Å². The van der Waals surface area contributed by atoms with Crippen molar-refractivity contribution in [2.24, 2.45) is 0 Å². The van der Waals surface area contributed by atoms with Gasteiger partial charge in [-0.3, -0.25) is 20.2 Å². The summed E-state index contributed by atoms with van der Waals surface area (Å²) < 4.78 is 28.3. The highest BCUT2D eigenvalue weighted by Gasteiger charge is 2.14. The van der Waals surface area contributed by atoms with E-state index in [1.165, 1.54) is 30.6 Å². The van der Waals surface area contributed by atoms with E-state index >= 15 is 0 Å². The predicted octanol–water partition coefficient (Wildman–Crippen LogP) is 8.87. The molecule has 15 heteroatoms. The first-order chi connectivity index (χ1) is 21.2. The van der Waals surface area contributed by atoms with E-state index in [1.54, 1.807) is 20.3 Å². The number of nitro groups is 2. The molecule has 0 unspecified atom stereocenters. The third-order valence-corrected chi connectivity index (χ3v) is 6.40. The summed E-state index contributed by atoms with van der Waals surface area (Å²) in [7, 11) is 3.13. The van der Waals surface area contributed by atoms with Crippen molar-refractivity contribution in [3.05, 3.63) is 108 Å². The molecule has 0 amide bonds. The van der Waals surface area contributed by atoms with Crippen LogP contribution in [0.25, 0.3) is 0 Å². The fraction of sp³-hybridized carbons (Fsp3) is 0.267. The molecular formula is C30H31Cl2FN4O8. The van der Waals surface area contributed by atoms with Gasteiger partial charge in [-0.25, -0.2) is 14.4 Å². The van der Waals surface area contributed by atoms with Crippen LogP contribution in [-0.2, 0) is 0 Å². The number of rotatable bonds is 8.